The van der Waals surface area contributed by atoms with Crippen molar-refractivity contribution in [1.82, 2.24) is 10.6 Å². The van der Waals surface area contributed by atoms with E-state index in [0.29, 0.717) is 5.92 Å². The first kappa shape index (κ1) is 18.0. The molecule has 1 rings (SSSR count). The van der Waals surface area contributed by atoms with Crippen LogP contribution in [-0.4, -0.2) is 33.7 Å². The number of hydrogen-bond acceptors (Lipinski definition) is 2. The van der Waals surface area contributed by atoms with E-state index in [-0.39, 0.29) is 24.0 Å². The number of rotatable bonds is 5. The van der Waals surface area contributed by atoms with Gasteiger partial charge in [0.05, 0.1) is 7.11 Å². The lowest BCUT2D eigenvalue weighted by molar-refractivity contribution is 0.414. The van der Waals surface area contributed by atoms with Crippen LogP contribution in [-0.2, 0) is 6.42 Å². The molecule has 0 aliphatic carbocycles. The third-order valence-electron chi connectivity index (χ3n) is 2.82. The molecule has 1 aromatic rings. The van der Waals surface area contributed by atoms with Crippen LogP contribution in [0.5, 0.6) is 5.75 Å². The second kappa shape index (κ2) is 9.89. The Morgan fingerprint density at radius 2 is 1.95 bits per heavy atom. The number of benzene rings is 1. The molecule has 0 radical (unpaired) electrons. The van der Waals surface area contributed by atoms with Crippen molar-refractivity contribution in [1.29, 1.82) is 0 Å². The van der Waals surface area contributed by atoms with Crippen molar-refractivity contribution < 1.29 is 4.74 Å². The number of aliphatic imine (C=N–C) groups is 1. The second-order valence-electron chi connectivity index (χ2n) is 4.36. The minimum Gasteiger partial charge on any atom is -0.497 e. The monoisotopic (exact) mass is 377 g/mol. The van der Waals surface area contributed by atoms with E-state index in [0.717, 1.165) is 24.7 Å². The van der Waals surface area contributed by atoms with Gasteiger partial charge < -0.3 is 15.4 Å². The first-order chi connectivity index (χ1) is 8.69. The van der Waals surface area contributed by atoms with Crippen molar-refractivity contribution in [2.24, 2.45) is 10.9 Å². The summed E-state index contributed by atoms with van der Waals surface area (Å²) in [6, 6.07) is 8.23. The van der Waals surface area contributed by atoms with Crippen LogP contribution in [0.4, 0.5) is 0 Å². The molecule has 0 aromatic heterocycles. The summed E-state index contributed by atoms with van der Waals surface area (Å²) in [5, 5.41) is 6.28. The zero-order valence-corrected chi connectivity index (χ0v) is 14.4. The molecule has 5 heteroatoms. The molecule has 0 spiro atoms. The van der Waals surface area contributed by atoms with Gasteiger partial charge in [0.25, 0.3) is 0 Å². The lowest BCUT2D eigenvalue weighted by Gasteiger charge is -2.14. The molecule has 0 aliphatic heterocycles. The Hall–Kier alpha value is -0.980. The van der Waals surface area contributed by atoms with Crippen LogP contribution in [0, 0.1) is 5.92 Å². The quantitative estimate of drug-likeness (QED) is 0.470. The molecule has 1 aromatic carbocycles. The summed E-state index contributed by atoms with van der Waals surface area (Å²) in [6.07, 6.45) is 1.04. The zero-order valence-electron chi connectivity index (χ0n) is 12.1. The number of nitrogens with zero attached hydrogens (tertiary/aromatic N) is 1. The number of halogens is 1. The van der Waals surface area contributed by atoms with E-state index in [1.165, 1.54) is 5.56 Å². The maximum Gasteiger partial charge on any atom is 0.190 e. The molecule has 2 N–H and O–H groups in total. The van der Waals surface area contributed by atoms with Gasteiger partial charge in [-0.05, 0) is 30.0 Å². The van der Waals surface area contributed by atoms with Crippen LogP contribution >= 0.6 is 24.0 Å². The summed E-state index contributed by atoms with van der Waals surface area (Å²) >= 11 is 0. The van der Waals surface area contributed by atoms with Crippen molar-refractivity contribution in [3.05, 3.63) is 29.8 Å². The first-order valence-electron chi connectivity index (χ1n) is 6.21. The molecule has 0 heterocycles. The van der Waals surface area contributed by atoms with Crippen LogP contribution in [0.1, 0.15) is 12.5 Å². The highest BCUT2D eigenvalue weighted by Gasteiger charge is 2.05. The number of guanidine groups is 1. The predicted octanol–water partition coefficient (Wildman–Crippen LogP) is 2.29. The fourth-order valence-electron chi connectivity index (χ4n) is 1.79. The van der Waals surface area contributed by atoms with Crippen molar-refractivity contribution in [3.63, 3.8) is 0 Å². The highest BCUT2D eigenvalue weighted by atomic mass is 127. The Balaban J connectivity index is 0.00000324. The lowest BCUT2D eigenvalue weighted by Crippen LogP contribution is -2.37. The number of methoxy groups -OCH3 is 1. The molecule has 0 aliphatic rings. The molecule has 0 bridgehead atoms. The molecular weight excluding hydrogens is 353 g/mol. The standard InChI is InChI=1S/C14H23N3O.HI/c1-11(10-17-14(15-2)16-3)9-12-5-7-13(18-4)8-6-12;/h5-8,11H,9-10H2,1-4H3,(H2,15,16,17);1H. The Bertz CT molecular complexity index is 379. The highest BCUT2D eigenvalue weighted by Crippen LogP contribution is 2.14. The largest absolute Gasteiger partial charge is 0.497 e. The van der Waals surface area contributed by atoms with Crippen molar-refractivity contribution in [3.8, 4) is 5.75 Å². The SMILES string of the molecule is CN=C(NC)NCC(C)Cc1ccc(OC)cc1.I. The van der Waals surface area contributed by atoms with E-state index in [2.05, 4.69) is 34.7 Å². The van der Waals surface area contributed by atoms with E-state index >= 15 is 0 Å². The van der Waals surface area contributed by atoms with Gasteiger partial charge in [-0.15, -0.1) is 24.0 Å². The lowest BCUT2D eigenvalue weighted by atomic mass is 10.0. The van der Waals surface area contributed by atoms with Gasteiger partial charge in [0, 0.05) is 20.6 Å². The maximum absolute atomic E-state index is 5.15. The highest BCUT2D eigenvalue weighted by molar-refractivity contribution is 14.0. The van der Waals surface area contributed by atoms with E-state index in [4.69, 9.17) is 4.74 Å². The van der Waals surface area contributed by atoms with Crippen LogP contribution < -0.4 is 15.4 Å². The van der Waals surface area contributed by atoms with E-state index < -0.39 is 0 Å². The molecule has 1 atom stereocenters. The van der Waals surface area contributed by atoms with Crippen LogP contribution in [0.2, 0.25) is 0 Å². The van der Waals surface area contributed by atoms with Crippen molar-refractivity contribution in [2.45, 2.75) is 13.3 Å². The molecule has 0 saturated carbocycles. The normalized spacial score (nSPS) is 12.3. The van der Waals surface area contributed by atoms with Gasteiger partial charge in [0.2, 0.25) is 0 Å². The van der Waals surface area contributed by atoms with Crippen molar-refractivity contribution >= 4 is 29.9 Å². The number of nitrogens with one attached hydrogen (secondary N) is 2. The molecule has 108 valence electrons. The summed E-state index contributed by atoms with van der Waals surface area (Å²) in [6.45, 7) is 3.12. The molecular formula is C14H24IN3O. The van der Waals surface area contributed by atoms with Crippen LogP contribution in [0.15, 0.2) is 29.3 Å². The second-order valence-corrected chi connectivity index (χ2v) is 4.36. The van der Waals surface area contributed by atoms with Crippen LogP contribution in [0.25, 0.3) is 0 Å². The number of hydrogen-bond donors (Lipinski definition) is 2. The van der Waals surface area contributed by atoms with Gasteiger partial charge in [0.1, 0.15) is 5.75 Å². The molecule has 4 nitrogen and oxygen atoms in total. The molecule has 19 heavy (non-hydrogen) atoms. The Kier molecular flexibility index (Phi) is 9.38. The summed E-state index contributed by atoms with van der Waals surface area (Å²) in [5.74, 6) is 2.28. The topological polar surface area (TPSA) is 45.7 Å². The maximum atomic E-state index is 5.15. The van der Waals surface area contributed by atoms with Crippen LogP contribution in [0.3, 0.4) is 0 Å². The average Bonchev–Trinajstić information content (AvgIpc) is 2.41. The minimum atomic E-state index is 0. The summed E-state index contributed by atoms with van der Waals surface area (Å²) in [4.78, 5) is 4.09. The van der Waals surface area contributed by atoms with E-state index in [9.17, 15) is 0 Å². The Morgan fingerprint density at radius 3 is 2.42 bits per heavy atom. The fourth-order valence-corrected chi connectivity index (χ4v) is 1.79. The predicted molar refractivity (Wildman–Crippen MR) is 91.7 cm³/mol. The van der Waals surface area contributed by atoms with E-state index in [1.54, 1.807) is 14.2 Å². The van der Waals surface area contributed by atoms with Gasteiger partial charge >= 0.3 is 0 Å². The minimum absolute atomic E-state index is 0. The molecule has 0 fully saturated rings. The number of ether oxygens (including phenoxy) is 1. The van der Waals surface area contributed by atoms with Gasteiger partial charge in [-0.25, -0.2) is 0 Å². The molecule has 1 unspecified atom stereocenters. The first-order valence-corrected chi connectivity index (χ1v) is 6.21. The zero-order chi connectivity index (χ0) is 13.4. The molecule has 0 amide bonds. The third-order valence-corrected chi connectivity index (χ3v) is 2.82. The molecule has 0 saturated heterocycles. The fraction of sp³-hybridized carbons (Fsp3) is 0.500. The summed E-state index contributed by atoms with van der Waals surface area (Å²) < 4.78 is 5.15. The van der Waals surface area contributed by atoms with Gasteiger partial charge in [-0.1, -0.05) is 19.1 Å². The van der Waals surface area contributed by atoms with Crippen molar-refractivity contribution in [2.75, 3.05) is 27.7 Å². The average molecular weight is 377 g/mol. The van der Waals surface area contributed by atoms with Gasteiger partial charge in [-0.2, -0.15) is 0 Å². The Morgan fingerprint density at radius 1 is 1.32 bits per heavy atom. The Labute approximate surface area is 133 Å². The summed E-state index contributed by atoms with van der Waals surface area (Å²) in [7, 11) is 5.32. The van der Waals surface area contributed by atoms with Gasteiger partial charge in [0.15, 0.2) is 5.96 Å². The van der Waals surface area contributed by atoms with Gasteiger partial charge in [-0.3, -0.25) is 4.99 Å². The third kappa shape index (κ3) is 6.66. The smallest absolute Gasteiger partial charge is 0.190 e. The summed E-state index contributed by atoms with van der Waals surface area (Å²) in [5.41, 5.74) is 1.32. The van der Waals surface area contributed by atoms with E-state index in [1.807, 2.05) is 19.2 Å².